The van der Waals surface area contributed by atoms with Gasteiger partial charge in [0.05, 0.1) is 11.4 Å². The van der Waals surface area contributed by atoms with Crippen LogP contribution in [-0.4, -0.2) is 51.1 Å². The molecule has 7 heteroatoms. The molecule has 1 N–H and O–H groups in total. The summed E-state index contributed by atoms with van der Waals surface area (Å²) < 4.78 is 40.4. The normalized spacial score (nSPS) is 19.1. The predicted octanol–water partition coefficient (Wildman–Crippen LogP) is 3.60. The maximum atomic E-state index is 13.5. The molecule has 30 heavy (non-hydrogen) atoms. The van der Waals surface area contributed by atoms with Gasteiger partial charge in [-0.2, -0.15) is 4.31 Å². The third-order valence-electron chi connectivity index (χ3n) is 5.29. The van der Waals surface area contributed by atoms with Gasteiger partial charge in [-0.3, -0.25) is 0 Å². The minimum atomic E-state index is -3.62. The van der Waals surface area contributed by atoms with E-state index < -0.39 is 10.0 Å². The van der Waals surface area contributed by atoms with Gasteiger partial charge in [0.2, 0.25) is 10.0 Å². The first-order valence-corrected chi connectivity index (χ1v) is 12.2. The highest BCUT2D eigenvalue weighted by Gasteiger charge is 2.36. The van der Waals surface area contributed by atoms with Gasteiger partial charge in [-0.15, -0.1) is 0 Å². The van der Waals surface area contributed by atoms with Crippen LogP contribution in [0.3, 0.4) is 0 Å². The van der Waals surface area contributed by atoms with E-state index >= 15 is 0 Å². The molecule has 1 unspecified atom stereocenters. The summed E-state index contributed by atoms with van der Waals surface area (Å²) >= 11 is 0. The van der Waals surface area contributed by atoms with Crippen molar-refractivity contribution in [2.75, 3.05) is 26.2 Å². The molecule has 164 valence electrons. The lowest BCUT2D eigenvalue weighted by Gasteiger charge is -2.37. The third-order valence-corrected chi connectivity index (χ3v) is 7.23. The lowest BCUT2D eigenvalue weighted by atomic mass is 10.1. The Hall–Kier alpha value is -2.09. The van der Waals surface area contributed by atoms with Gasteiger partial charge < -0.3 is 14.8 Å². The highest BCUT2D eigenvalue weighted by Crippen LogP contribution is 2.32. The van der Waals surface area contributed by atoms with Crippen LogP contribution in [0, 0.1) is 6.92 Å². The van der Waals surface area contributed by atoms with E-state index in [-0.39, 0.29) is 18.7 Å². The van der Waals surface area contributed by atoms with Crippen molar-refractivity contribution in [1.29, 1.82) is 0 Å². The largest absolute Gasteiger partial charge is 0.486 e. The highest BCUT2D eigenvalue weighted by molar-refractivity contribution is 7.89. The first-order chi connectivity index (χ1) is 14.5. The summed E-state index contributed by atoms with van der Waals surface area (Å²) in [7, 11) is -3.62. The van der Waals surface area contributed by atoms with Gasteiger partial charge in [-0.1, -0.05) is 43.7 Å². The standard InChI is InChI=1S/C21H26N2O4S.C2H6/c1-16-6-8-19(9-7-16)28(24,25)23(17-10-12-22-13-11-17)14-18-15-26-20-4-2-3-5-21(20)27-18;1-2/h2-9,17-18,22H,10-15H2,1H3;1-2H3. The smallest absolute Gasteiger partial charge is 0.243 e. The Bertz CT molecular complexity index is 909. The van der Waals surface area contributed by atoms with Crippen molar-refractivity contribution in [3.63, 3.8) is 0 Å². The second-order valence-corrected chi connectivity index (χ2v) is 9.26. The van der Waals surface area contributed by atoms with E-state index in [9.17, 15) is 8.42 Å². The number of rotatable bonds is 5. The fourth-order valence-electron chi connectivity index (χ4n) is 3.74. The molecule has 1 atom stereocenters. The minimum Gasteiger partial charge on any atom is -0.486 e. The zero-order valence-corrected chi connectivity index (χ0v) is 18.8. The highest BCUT2D eigenvalue weighted by atomic mass is 32.2. The molecule has 1 saturated heterocycles. The van der Waals surface area contributed by atoms with Gasteiger partial charge in [0.15, 0.2) is 11.5 Å². The van der Waals surface area contributed by atoms with Gasteiger partial charge >= 0.3 is 0 Å². The number of benzene rings is 2. The molecule has 2 aromatic carbocycles. The summed E-state index contributed by atoms with van der Waals surface area (Å²) in [4.78, 5) is 0.328. The summed E-state index contributed by atoms with van der Waals surface area (Å²) in [6.07, 6.45) is 1.23. The number of hydrogen-bond donors (Lipinski definition) is 1. The Kier molecular flexibility index (Phi) is 7.75. The van der Waals surface area contributed by atoms with Crippen LogP contribution in [0.2, 0.25) is 0 Å². The minimum absolute atomic E-state index is 0.0478. The zero-order chi connectivity index (χ0) is 21.6. The number of ether oxygens (including phenoxy) is 2. The Balaban J connectivity index is 0.00000124. The van der Waals surface area contributed by atoms with Crippen LogP contribution in [0.4, 0.5) is 0 Å². The first kappa shape index (κ1) is 22.6. The number of nitrogens with one attached hydrogen (secondary N) is 1. The van der Waals surface area contributed by atoms with E-state index in [4.69, 9.17) is 9.47 Å². The number of sulfonamides is 1. The molecule has 0 aliphatic carbocycles. The van der Waals surface area contributed by atoms with Crippen molar-refractivity contribution < 1.29 is 17.9 Å². The molecule has 0 spiro atoms. The van der Waals surface area contributed by atoms with Crippen LogP contribution in [0.1, 0.15) is 32.3 Å². The lowest BCUT2D eigenvalue weighted by Crippen LogP contribution is -2.51. The van der Waals surface area contributed by atoms with Gasteiger partial charge in [0.1, 0.15) is 12.7 Å². The van der Waals surface area contributed by atoms with Crippen molar-refractivity contribution in [2.24, 2.45) is 0 Å². The molecule has 2 aromatic rings. The number of hydrogen-bond acceptors (Lipinski definition) is 5. The molecule has 0 radical (unpaired) electrons. The van der Waals surface area contributed by atoms with Crippen LogP contribution in [0.15, 0.2) is 53.4 Å². The van der Waals surface area contributed by atoms with E-state index in [1.165, 1.54) is 0 Å². The molecular formula is C23H32N2O4S. The van der Waals surface area contributed by atoms with Crippen LogP contribution in [0.5, 0.6) is 11.5 Å². The fourth-order valence-corrected chi connectivity index (χ4v) is 5.45. The van der Waals surface area contributed by atoms with Crippen LogP contribution in [0.25, 0.3) is 0 Å². The molecule has 2 aliphatic heterocycles. The monoisotopic (exact) mass is 432 g/mol. The number of para-hydroxylation sites is 2. The Morgan fingerprint density at radius 2 is 1.63 bits per heavy atom. The van der Waals surface area contributed by atoms with Gasteiger partial charge in [0, 0.05) is 6.04 Å². The average molecular weight is 433 g/mol. The molecule has 1 fully saturated rings. The number of nitrogens with zero attached hydrogens (tertiary/aromatic N) is 1. The van der Waals surface area contributed by atoms with Crippen LogP contribution in [-0.2, 0) is 10.0 Å². The van der Waals surface area contributed by atoms with Crippen LogP contribution < -0.4 is 14.8 Å². The number of piperidine rings is 1. The van der Waals surface area contributed by atoms with E-state index in [0.29, 0.717) is 23.0 Å². The number of aryl methyl sites for hydroxylation is 1. The van der Waals surface area contributed by atoms with Crippen molar-refractivity contribution >= 4 is 10.0 Å². The molecule has 0 saturated carbocycles. The summed E-state index contributed by atoms with van der Waals surface area (Å²) in [5.74, 6) is 1.37. The predicted molar refractivity (Wildman–Crippen MR) is 119 cm³/mol. The van der Waals surface area contributed by atoms with Crippen molar-refractivity contribution in [3.8, 4) is 11.5 Å². The van der Waals surface area contributed by atoms with Gasteiger partial charge in [-0.05, 0) is 57.1 Å². The lowest BCUT2D eigenvalue weighted by molar-refractivity contribution is 0.0666. The van der Waals surface area contributed by atoms with Gasteiger partial charge in [0.25, 0.3) is 0 Å². The summed E-state index contributed by atoms with van der Waals surface area (Å²) in [6, 6.07) is 14.5. The quantitative estimate of drug-likeness (QED) is 0.782. The fraction of sp³-hybridized carbons (Fsp3) is 0.478. The second kappa shape index (κ2) is 10.3. The van der Waals surface area contributed by atoms with Crippen molar-refractivity contribution in [3.05, 3.63) is 54.1 Å². The van der Waals surface area contributed by atoms with E-state index in [1.807, 2.05) is 57.2 Å². The summed E-state index contributed by atoms with van der Waals surface area (Å²) in [6.45, 7) is 8.19. The van der Waals surface area contributed by atoms with E-state index in [0.717, 1.165) is 31.5 Å². The number of fused-ring (bicyclic) bond motifs is 1. The van der Waals surface area contributed by atoms with Crippen molar-refractivity contribution in [1.82, 2.24) is 9.62 Å². The molecule has 4 rings (SSSR count). The molecule has 0 amide bonds. The van der Waals surface area contributed by atoms with E-state index in [2.05, 4.69) is 5.32 Å². The molecule has 6 nitrogen and oxygen atoms in total. The SMILES string of the molecule is CC.Cc1ccc(S(=O)(=O)N(CC2COc3ccccc3O2)C2CCNCC2)cc1. The molecular weight excluding hydrogens is 400 g/mol. The Labute approximate surface area is 180 Å². The second-order valence-electron chi connectivity index (χ2n) is 7.37. The third kappa shape index (κ3) is 5.14. The molecule has 0 aromatic heterocycles. The summed E-state index contributed by atoms with van der Waals surface area (Å²) in [5.41, 5.74) is 1.04. The Morgan fingerprint density at radius 3 is 2.30 bits per heavy atom. The van der Waals surface area contributed by atoms with Crippen molar-refractivity contribution in [2.45, 2.75) is 50.7 Å². The van der Waals surface area contributed by atoms with E-state index in [1.54, 1.807) is 16.4 Å². The average Bonchev–Trinajstić information content (AvgIpc) is 2.79. The Morgan fingerprint density at radius 1 is 1.00 bits per heavy atom. The maximum Gasteiger partial charge on any atom is 0.243 e. The summed E-state index contributed by atoms with van der Waals surface area (Å²) in [5, 5.41) is 3.31. The van der Waals surface area contributed by atoms with Gasteiger partial charge in [-0.25, -0.2) is 8.42 Å². The topological polar surface area (TPSA) is 67.9 Å². The molecule has 0 bridgehead atoms. The molecule has 2 heterocycles. The maximum absolute atomic E-state index is 13.5. The molecule has 2 aliphatic rings. The first-order valence-electron chi connectivity index (χ1n) is 10.7. The van der Waals surface area contributed by atoms with Crippen LogP contribution >= 0.6 is 0 Å². The zero-order valence-electron chi connectivity index (χ0n) is 18.0.